The highest BCUT2D eigenvalue weighted by Gasteiger charge is 2.33. The van der Waals surface area contributed by atoms with Crippen LogP contribution in [0.5, 0.6) is 5.75 Å². The van der Waals surface area contributed by atoms with Gasteiger partial charge in [0.15, 0.2) is 16.6 Å². The van der Waals surface area contributed by atoms with Crippen molar-refractivity contribution < 1.29 is 4.74 Å². The van der Waals surface area contributed by atoms with Crippen LogP contribution in [-0.4, -0.2) is 24.6 Å². The summed E-state index contributed by atoms with van der Waals surface area (Å²) in [7, 11) is 1.65. The fraction of sp³-hybridized carbons (Fsp3) is 0.750. The Morgan fingerprint density at radius 3 is 2.71 bits per heavy atom. The molecule has 1 aliphatic heterocycles. The monoisotopic (exact) mass is 255 g/mol. The van der Waals surface area contributed by atoms with E-state index in [1.54, 1.807) is 7.11 Å². The van der Waals surface area contributed by atoms with Crippen molar-refractivity contribution in [3.8, 4) is 5.75 Å². The van der Waals surface area contributed by atoms with E-state index in [-0.39, 0.29) is 0 Å². The zero-order valence-corrected chi connectivity index (χ0v) is 11.8. The van der Waals surface area contributed by atoms with Gasteiger partial charge in [-0.05, 0) is 29.3 Å². The number of nitrogens with two attached hydrogens (primary N) is 1. The lowest BCUT2D eigenvalue weighted by Gasteiger charge is -2.27. The van der Waals surface area contributed by atoms with Crippen molar-refractivity contribution in [1.82, 2.24) is 4.37 Å². The van der Waals surface area contributed by atoms with Crippen molar-refractivity contribution in [2.75, 3.05) is 30.8 Å². The molecule has 96 valence electrons. The molecule has 5 heteroatoms. The molecule has 0 aromatic carbocycles. The fourth-order valence-electron chi connectivity index (χ4n) is 2.33. The smallest absolute Gasteiger partial charge is 0.197 e. The Kier molecular flexibility index (Phi) is 3.21. The second-order valence-corrected chi connectivity index (χ2v) is 6.46. The highest BCUT2D eigenvalue weighted by molar-refractivity contribution is 7.11. The highest BCUT2D eigenvalue weighted by Crippen LogP contribution is 2.42. The normalized spacial score (nSPS) is 20.9. The predicted molar refractivity (Wildman–Crippen MR) is 72.9 cm³/mol. The van der Waals surface area contributed by atoms with Gasteiger partial charge >= 0.3 is 0 Å². The van der Waals surface area contributed by atoms with Gasteiger partial charge in [0.05, 0.1) is 7.11 Å². The van der Waals surface area contributed by atoms with Gasteiger partial charge < -0.3 is 15.4 Å². The Morgan fingerprint density at radius 1 is 1.47 bits per heavy atom. The quantitative estimate of drug-likeness (QED) is 0.882. The molecule has 0 aliphatic carbocycles. The van der Waals surface area contributed by atoms with Crippen LogP contribution in [0.3, 0.4) is 0 Å². The van der Waals surface area contributed by atoms with Crippen molar-refractivity contribution >= 4 is 22.4 Å². The Hall–Kier alpha value is -0.970. The molecule has 1 saturated heterocycles. The van der Waals surface area contributed by atoms with E-state index < -0.39 is 0 Å². The summed E-state index contributed by atoms with van der Waals surface area (Å²) in [6.45, 7) is 9.06. The molecule has 4 nitrogen and oxygen atoms in total. The van der Waals surface area contributed by atoms with Crippen LogP contribution in [0.2, 0.25) is 0 Å². The molecule has 2 N–H and O–H groups in total. The number of anilines is 2. The molecule has 17 heavy (non-hydrogen) atoms. The van der Waals surface area contributed by atoms with E-state index in [9.17, 15) is 0 Å². The topological polar surface area (TPSA) is 51.4 Å². The number of methoxy groups -OCH3 is 1. The molecule has 2 rings (SSSR count). The number of ether oxygens (including phenoxy) is 1. The number of aromatic nitrogens is 1. The van der Waals surface area contributed by atoms with Crippen LogP contribution in [0.25, 0.3) is 0 Å². The zero-order chi connectivity index (χ0) is 12.6. The Labute approximate surface area is 107 Å². The highest BCUT2D eigenvalue weighted by atomic mass is 32.1. The van der Waals surface area contributed by atoms with Crippen LogP contribution < -0.4 is 15.4 Å². The van der Waals surface area contributed by atoms with Gasteiger partial charge in [-0.25, -0.2) is 0 Å². The summed E-state index contributed by atoms with van der Waals surface area (Å²) >= 11 is 1.44. The molecule has 1 atom stereocenters. The standard InChI is InChI=1S/C12H21N3OS/c1-12(2,3)8-5-6-15(7-8)11-9(16-4)10(13)14-17-11/h8H,5-7H2,1-4H3,(H2,13,14). The van der Waals surface area contributed by atoms with Gasteiger partial charge in [-0.1, -0.05) is 20.8 Å². The average molecular weight is 255 g/mol. The van der Waals surface area contributed by atoms with Gasteiger partial charge in [0.25, 0.3) is 0 Å². The molecule has 0 spiro atoms. The lowest BCUT2D eigenvalue weighted by molar-refractivity contribution is 0.263. The van der Waals surface area contributed by atoms with Crippen LogP contribution in [0.1, 0.15) is 27.2 Å². The first-order chi connectivity index (χ1) is 7.93. The van der Waals surface area contributed by atoms with E-state index in [1.165, 1.54) is 18.0 Å². The molecule has 0 bridgehead atoms. The second kappa shape index (κ2) is 4.37. The molecule has 1 aromatic heterocycles. The molecule has 0 radical (unpaired) electrons. The summed E-state index contributed by atoms with van der Waals surface area (Å²) in [5, 5.41) is 1.08. The van der Waals surface area contributed by atoms with Gasteiger partial charge in [-0.15, -0.1) is 0 Å². The van der Waals surface area contributed by atoms with E-state index in [4.69, 9.17) is 10.5 Å². The van der Waals surface area contributed by atoms with Crippen LogP contribution >= 0.6 is 11.5 Å². The fourth-order valence-corrected chi connectivity index (χ4v) is 3.15. The van der Waals surface area contributed by atoms with Crippen molar-refractivity contribution in [2.45, 2.75) is 27.2 Å². The molecule has 0 amide bonds. The molecular formula is C12H21N3OS. The zero-order valence-electron chi connectivity index (χ0n) is 11.0. The van der Waals surface area contributed by atoms with Crippen LogP contribution in [0.4, 0.5) is 10.8 Å². The lowest BCUT2D eigenvalue weighted by atomic mass is 9.80. The number of nitrogen functional groups attached to an aromatic ring is 1. The summed E-state index contributed by atoms with van der Waals surface area (Å²) < 4.78 is 9.50. The molecule has 1 aliphatic rings. The predicted octanol–water partition coefficient (Wildman–Crippen LogP) is 2.61. The summed E-state index contributed by atoms with van der Waals surface area (Å²) in [5.41, 5.74) is 6.15. The Morgan fingerprint density at radius 2 is 2.18 bits per heavy atom. The number of hydrogen-bond acceptors (Lipinski definition) is 5. The summed E-state index contributed by atoms with van der Waals surface area (Å²) in [6.07, 6.45) is 1.23. The molecule has 0 saturated carbocycles. The Balaban J connectivity index is 2.15. The maximum absolute atomic E-state index is 5.79. The SMILES string of the molecule is COc1c(N)nsc1N1CCC(C(C)(C)C)C1. The van der Waals surface area contributed by atoms with Crippen molar-refractivity contribution in [3.63, 3.8) is 0 Å². The third-order valence-corrected chi connectivity index (χ3v) is 4.47. The first-order valence-electron chi connectivity index (χ1n) is 5.97. The second-order valence-electron chi connectivity index (χ2n) is 5.70. The van der Waals surface area contributed by atoms with Crippen LogP contribution in [0, 0.1) is 11.3 Å². The van der Waals surface area contributed by atoms with Gasteiger partial charge in [0.2, 0.25) is 0 Å². The summed E-state index contributed by atoms with van der Waals surface area (Å²) in [5.74, 6) is 1.96. The van der Waals surface area contributed by atoms with E-state index in [2.05, 4.69) is 30.0 Å². The average Bonchev–Trinajstić information content (AvgIpc) is 2.82. The maximum Gasteiger partial charge on any atom is 0.197 e. The van der Waals surface area contributed by atoms with E-state index in [0.717, 1.165) is 29.8 Å². The minimum atomic E-state index is 0.359. The largest absolute Gasteiger partial charge is 0.490 e. The van der Waals surface area contributed by atoms with Gasteiger partial charge in [-0.2, -0.15) is 4.37 Å². The van der Waals surface area contributed by atoms with Gasteiger partial charge in [0, 0.05) is 13.1 Å². The first-order valence-corrected chi connectivity index (χ1v) is 6.75. The van der Waals surface area contributed by atoms with Crippen molar-refractivity contribution in [2.24, 2.45) is 11.3 Å². The number of hydrogen-bond donors (Lipinski definition) is 1. The summed E-state index contributed by atoms with van der Waals surface area (Å²) in [4.78, 5) is 2.35. The van der Waals surface area contributed by atoms with Gasteiger partial charge in [-0.3, -0.25) is 0 Å². The molecule has 2 heterocycles. The summed E-state index contributed by atoms with van der Waals surface area (Å²) in [6, 6.07) is 0. The lowest BCUT2D eigenvalue weighted by Crippen LogP contribution is -2.25. The Bertz CT molecular complexity index is 397. The van der Waals surface area contributed by atoms with Crippen LogP contribution in [-0.2, 0) is 0 Å². The third-order valence-electron chi connectivity index (χ3n) is 3.56. The van der Waals surface area contributed by atoms with E-state index in [1.807, 2.05) is 0 Å². The van der Waals surface area contributed by atoms with E-state index in [0.29, 0.717) is 11.2 Å². The minimum absolute atomic E-state index is 0.359. The molecular weight excluding hydrogens is 234 g/mol. The van der Waals surface area contributed by atoms with Crippen molar-refractivity contribution in [1.29, 1.82) is 0 Å². The van der Waals surface area contributed by atoms with Crippen molar-refractivity contribution in [3.05, 3.63) is 0 Å². The molecule has 1 unspecified atom stereocenters. The third kappa shape index (κ3) is 2.34. The van der Waals surface area contributed by atoms with Crippen LogP contribution in [0.15, 0.2) is 0 Å². The molecule has 1 aromatic rings. The number of rotatable bonds is 2. The maximum atomic E-state index is 5.79. The molecule has 1 fully saturated rings. The van der Waals surface area contributed by atoms with Gasteiger partial charge in [0.1, 0.15) is 0 Å². The van der Waals surface area contributed by atoms with E-state index >= 15 is 0 Å². The first kappa shape index (κ1) is 12.5. The minimum Gasteiger partial charge on any atom is -0.490 e. The number of nitrogens with zero attached hydrogens (tertiary/aromatic N) is 2.